The van der Waals surface area contributed by atoms with Gasteiger partial charge in [0.05, 0.1) is 12.4 Å². The van der Waals surface area contributed by atoms with Crippen LogP contribution in [0.2, 0.25) is 0 Å². The van der Waals surface area contributed by atoms with Gasteiger partial charge in [-0.2, -0.15) is 11.8 Å². The molecule has 1 N–H and O–H groups in total. The fourth-order valence-corrected chi connectivity index (χ4v) is 1.58. The Hall–Kier alpha value is -0.180. The van der Waals surface area contributed by atoms with Gasteiger partial charge in [-0.25, -0.2) is 0 Å². The molecular formula is C7H14N2S. The fourth-order valence-electron chi connectivity index (χ4n) is 1.06. The molecular weight excluding hydrogens is 144 g/mol. The minimum Gasteiger partial charge on any atom is -0.369 e. The van der Waals surface area contributed by atoms with Crippen molar-refractivity contribution in [3.63, 3.8) is 0 Å². The maximum atomic E-state index is 4.27. The molecule has 0 aromatic rings. The minimum absolute atomic E-state index is 0.618. The van der Waals surface area contributed by atoms with E-state index in [1.54, 1.807) is 0 Å². The third-order valence-corrected chi connectivity index (χ3v) is 2.28. The van der Waals surface area contributed by atoms with Gasteiger partial charge in [0.15, 0.2) is 0 Å². The van der Waals surface area contributed by atoms with Crippen LogP contribution < -0.4 is 5.32 Å². The SMILES string of the molecule is CSCCC1CN=C(C)N1. The molecule has 0 aromatic heterocycles. The molecule has 1 atom stereocenters. The molecule has 3 heteroatoms. The lowest BCUT2D eigenvalue weighted by Gasteiger charge is -2.08. The van der Waals surface area contributed by atoms with Crippen molar-refractivity contribution in [2.75, 3.05) is 18.6 Å². The number of aliphatic imine (C=N–C) groups is 1. The van der Waals surface area contributed by atoms with E-state index in [2.05, 4.69) is 16.6 Å². The summed E-state index contributed by atoms with van der Waals surface area (Å²) >= 11 is 1.90. The second kappa shape index (κ2) is 3.86. The van der Waals surface area contributed by atoms with E-state index in [0.29, 0.717) is 6.04 Å². The Labute approximate surface area is 66.5 Å². The Morgan fingerprint density at radius 3 is 3.10 bits per heavy atom. The molecule has 58 valence electrons. The first-order valence-electron chi connectivity index (χ1n) is 3.59. The molecule has 1 unspecified atom stereocenters. The van der Waals surface area contributed by atoms with Crippen molar-refractivity contribution in [1.82, 2.24) is 5.32 Å². The fraction of sp³-hybridized carbons (Fsp3) is 0.857. The molecule has 10 heavy (non-hydrogen) atoms. The smallest absolute Gasteiger partial charge is 0.0935 e. The highest BCUT2D eigenvalue weighted by atomic mass is 32.2. The second-order valence-electron chi connectivity index (χ2n) is 2.55. The summed E-state index contributed by atoms with van der Waals surface area (Å²) in [7, 11) is 0. The van der Waals surface area contributed by atoms with Crippen molar-refractivity contribution >= 4 is 17.6 Å². The summed E-state index contributed by atoms with van der Waals surface area (Å²) < 4.78 is 0. The summed E-state index contributed by atoms with van der Waals surface area (Å²) in [5.74, 6) is 2.34. The molecule has 0 bridgehead atoms. The average Bonchev–Trinajstić information content (AvgIpc) is 2.31. The van der Waals surface area contributed by atoms with Crippen LogP contribution in [-0.4, -0.2) is 30.4 Å². The van der Waals surface area contributed by atoms with E-state index in [9.17, 15) is 0 Å². The molecule has 1 rings (SSSR count). The first-order valence-corrected chi connectivity index (χ1v) is 4.99. The summed E-state index contributed by atoms with van der Waals surface area (Å²) in [6, 6.07) is 0.618. The summed E-state index contributed by atoms with van der Waals surface area (Å²) in [5, 5.41) is 3.33. The van der Waals surface area contributed by atoms with E-state index in [4.69, 9.17) is 0 Å². The van der Waals surface area contributed by atoms with Crippen LogP contribution in [0.15, 0.2) is 4.99 Å². The number of rotatable bonds is 3. The molecule has 0 aliphatic carbocycles. The van der Waals surface area contributed by atoms with Gasteiger partial charge in [0.25, 0.3) is 0 Å². The van der Waals surface area contributed by atoms with Crippen LogP contribution in [0.3, 0.4) is 0 Å². The van der Waals surface area contributed by atoms with Crippen molar-refractivity contribution in [3.05, 3.63) is 0 Å². The molecule has 0 saturated carbocycles. The number of nitrogens with zero attached hydrogens (tertiary/aromatic N) is 1. The summed E-state index contributed by atoms with van der Waals surface area (Å²) in [4.78, 5) is 4.27. The molecule has 0 spiro atoms. The van der Waals surface area contributed by atoms with E-state index >= 15 is 0 Å². The predicted octanol–water partition coefficient (Wildman–Crippen LogP) is 1.13. The van der Waals surface area contributed by atoms with Crippen LogP contribution in [0.5, 0.6) is 0 Å². The van der Waals surface area contributed by atoms with E-state index in [1.807, 2.05) is 18.7 Å². The Bertz CT molecular complexity index is 134. The Morgan fingerprint density at radius 1 is 1.80 bits per heavy atom. The standard InChI is InChI=1S/C7H14N2S/c1-6-8-5-7(9-6)3-4-10-2/h7H,3-5H2,1-2H3,(H,8,9). The van der Waals surface area contributed by atoms with Crippen LogP contribution in [0.25, 0.3) is 0 Å². The van der Waals surface area contributed by atoms with Gasteiger partial charge < -0.3 is 5.32 Å². The molecule has 2 nitrogen and oxygen atoms in total. The van der Waals surface area contributed by atoms with E-state index < -0.39 is 0 Å². The van der Waals surface area contributed by atoms with E-state index in [-0.39, 0.29) is 0 Å². The lowest BCUT2D eigenvalue weighted by molar-refractivity contribution is 0.641. The largest absolute Gasteiger partial charge is 0.369 e. The topological polar surface area (TPSA) is 24.4 Å². The molecule has 0 saturated heterocycles. The molecule has 0 aromatic carbocycles. The van der Waals surface area contributed by atoms with Crippen molar-refractivity contribution in [2.45, 2.75) is 19.4 Å². The number of amidine groups is 1. The highest BCUT2D eigenvalue weighted by Crippen LogP contribution is 2.04. The van der Waals surface area contributed by atoms with Crippen molar-refractivity contribution in [3.8, 4) is 0 Å². The first-order chi connectivity index (χ1) is 4.83. The zero-order chi connectivity index (χ0) is 7.40. The summed E-state index contributed by atoms with van der Waals surface area (Å²) in [6.07, 6.45) is 3.38. The van der Waals surface area contributed by atoms with Crippen LogP contribution in [0.4, 0.5) is 0 Å². The average molecular weight is 158 g/mol. The zero-order valence-electron chi connectivity index (χ0n) is 6.55. The van der Waals surface area contributed by atoms with Gasteiger partial charge in [-0.05, 0) is 25.4 Å². The number of hydrogen-bond acceptors (Lipinski definition) is 3. The Kier molecular flexibility index (Phi) is 3.06. The zero-order valence-corrected chi connectivity index (χ0v) is 7.37. The normalized spacial score (nSPS) is 24.2. The van der Waals surface area contributed by atoms with Crippen molar-refractivity contribution in [2.24, 2.45) is 4.99 Å². The number of hydrogen-bond donors (Lipinski definition) is 1. The quantitative estimate of drug-likeness (QED) is 0.666. The van der Waals surface area contributed by atoms with Gasteiger partial charge in [0.2, 0.25) is 0 Å². The maximum Gasteiger partial charge on any atom is 0.0935 e. The maximum absolute atomic E-state index is 4.27. The van der Waals surface area contributed by atoms with Gasteiger partial charge in [-0.15, -0.1) is 0 Å². The van der Waals surface area contributed by atoms with E-state index in [0.717, 1.165) is 12.4 Å². The number of nitrogens with one attached hydrogen (secondary N) is 1. The molecule has 0 amide bonds. The molecule has 0 fully saturated rings. The van der Waals surface area contributed by atoms with Gasteiger partial charge >= 0.3 is 0 Å². The lowest BCUT2D eigenvalue weighted by atomic mass is 10.2. The van der Waals surface area contributed by atoms with Crippen LogP contribution in [0.1, 0.15) is 13.3 Å². The predicted molar refractivity (Wildman–Crippen MR) is 47.9 cm³/mol. The van der Waals surface area contributed by atoms with Gasteiger partial charge in [0.1, 0.15) is 0 Å². The van der Waals surface area contributed by atoms with Crippen molar-refractivity contribution in [1.29, 1.82) is 0 Å². The monoisotopic (exact) mass is 158 g/mol. The molecule has 1 aliphatic heterocycles. The van der Waals surface area contributed by atoms with Crippen LogP contribution in [0, 0.1) is 0 Å². The minimum atomic E-state index is 0.618. The third kappa shape index (κ3) is 2.21. The Balaban J connectivity index is 2.11. The molecule has 0 radical (unpaired) electrons. The van der Waals surface area contributed by atoms with E-state index in [1.165, 1.54) is 12.2 Å². The molecule has 1 heterocycles. The van der Waals surface area contributed by atoms with Crippen LogP contribution >= 0.6 is 11.8 Å². The lowest BCUT2D eigenvalue weighted by Crippen LogP contribution is -2.28. The molecule has 1 aliphatic rings. The third-order valence-electron chi connectivity index (χ3n) is 1.63. The Morgan fingerprint density at radius 2 is 2.60 bits per heavy atom. The highest BCUT2D eigenvalue weighted by Gasteiger charge is 2.12. The van der Waals surface area contributed by atoms with Gasteiger partial charge in [-0.3, -0.25) is 4.99 Å². The van der Waals surface area contributed by atoms with Gasteiger partial charge in [-0.1, -0.05) is 0 Å². The summed E-state index contributed by atoms with van der Waals surface area (Å²) in [5.41, 5.74) is 0. The highest BCUT2D eigenvalue weighted by molar-refractivity contribution is 7.98. The second-order valence-corrected chi connectivity index (χ2v) is 3.53. The van der Waals surface area contributed by atoms with Gasteiger partial charge in [0, 0.05) is 6.04 Å². The first kappa shape index (κ1) is 7.92. The summed E-state index contributed by atoms with van der Waals surface area (Å²) in [6.45, 7) is 3.01. The van der Waals surface area contributed by atoms with Crippen molar-refractivity contribution < 1.29 is 0 Å². The van der Waals surface area contributed by atoms with Crippen LogP contribution in [-0.2, 0) is 0 Å². The number of thioether (sulfide) groups is 1.